The Kier molecular flexibility index (Phi) is 5.85. The van der Waals surface area contributed by atoms with E-state index in [2.05, 4.69) is 15.2 Å². The van der Waals surface area contributed by atoms with Crippen LogP contribution in [-0.4, -0.2) is 68.8 Å². The Labute approximate surface area is 163 Å². The topological polar surface area (TPSA) is 98.1 Å². The molecule has 0 aliphatic carbocycles. The zero-order valence-corrected chi connectivity index (χ0v) is 17.2. The van der Waals surface area contributed by atoms with Crippen molar-refractivity contribution in [3.05, 3.63) is 24.5 Å². The molecule has 0 unspecified atom stereocenters. The van der Waals surface area contributed by atoms with Crippen LogP contribution in [0.4, 0.5) is 0 Å². The molecule has 0 saturated carbocycles. The normalized spacial score (nSPS) is 19.7. The van der Waals surface area contributed by atoms with Gasteiger partial charge in [0.2, 0.25) is 5.91 Å². The second kappa shape index (κ2) is 7.97. The lowest BCUT2D eigenvalue weighted by atomic mass is 10.2. The van der Waals surface area contributed by atoms with Crippen molar-refractivity contribution in [2.24, 2.45) is 0 Å². The van der Waals surface area contributed by atoms with Gasteiger partial charge >= 0.3 is 0 Å². The van der Waals surface area contributed by atoms with Gasteiger partial charge in [-0.25, -0.2) is 8.42 Å². The van der Waals surface area contributed by atoms with Crippen molar-refractivity contribution in [2.75, 3.05) is 18.6 Å². The van der Waals surface area contributed by atoms with Crippen LogP contribution in [0.3, 0.4) is 0 Å². The summed E-state index contributed by atoms with van der Waals surface area (Å²) in [6, 6.07) is 3.49. The lowest BCUT2D eigenvalue weighted by molar-refractivity contribution is -0.130. The molecule has 1 amide bonds. The molecule has 10 heteroatoms. The quantitative estimate of drug-likeness (QED) is 0.667. The molecule has 27 heavy (non-hydrogen) atoms. The predicted octanol–water partition coefficient (Wildman–Crippen LogP) is 1.49. The van der Waals surface area contributed by atoms with Crippen LogP contribution < -0.4 is 0 Å². The third kappa shape index (κ3) is 4.32. The standard InChI is InChI=1S/C17H23N5O3S2/c1-4-22-15(13-5-8-18-9-6-13)19-20-17(22)26-12(2)16(23)21(3)14-7-10-27(24,25)11-14/h5-6,8-9,12,14H,4,7,10-11H2,1-3H3/t12-,14-/m0/s1. The van der Waals surface area contributed by atoms with Crippen LogP contribution >= 0.6 is 11.8 Å². The van der Waals surface area contributed by atoms with Crippen LogP contribution in [0.2, 0.25) is 0 Å². The van der Waals surface area contributed by atoms with E-state index in [1.807, 2.05) is 30.5 Å². The Morgan fingerprint density at radius 1 is 1.37 bits per heavy atom. The number of amides is 1. The van der Waals surface area contributed by atoms with Gasteiger partial charge in [0.1, 0.15) is 0 Å². The molecule has 8 nitrogen and oxygen atoms in total. The molecule has 1 saturated heterocycles. The molecule has 2 aromatic rings. The van der Waals surface area contributed by atoms with Gasteiger partial charge in [-0.2, -0.15) is 0 Å². The van der Waals surface area contributed by atoms with Crippen molar-refractivity contribution < 1.29 is 13.2 Å². The SMILES string of the molecule is CCn1c(S[C@@H](C)C(=O)N(C)[C@H]2CCS(=O)(=O)C2)nnc1-c1ccncc1. The van der Waals surface area contributed by atoms with Gasteiger partial charge in [0.25, 0.3) is 0 Å². The summed E-state index contributed by atoms with van der Waals surface area (Å²) in [6.45, 7) is 4.48. The van der Waals surface area contributed by atoms with E-state index < -0.39 is 15.1 Å². The Bertz CT molecular complexity index is 914. The average molecular weight is 410 g/mol. The maximum atomic E-state index is 12.8. The van der Waals surface area contributed by atoms with E-state index in [0.29, 0.717) is 18.1 Å². The van der Waals surface area contributed by atoms with Crippen LogP contribution in [0.5, 0.6) is 0 Å². The van der Waals surface area contributed by atoms with Crippen LogP contribution in [0.25, 0.3) is 11.4 Å². The Morgan fingerprint density at radius 2 is 2.07 bits per heavy atom. The largest absolute Gasteiger partial charge is 0.341 e. The number of hydrogen-bond donors (Lipinski definition) is 0. The molecule has 3 rings (SSSR count). The van der Waals surface area contributed by atoms with Gasteiger partial charge in [-0.15, -0.1) is 10.2 Å². The third-order valence-corrected chi connectivity index (χ3v) is 7.52. The van der Waals surface area contributed by atoms with E-state index in [4.69, 9.17) is 0 Å². The number of thioether (sulfide) groups is 1. The third-order valence-electron chi connectivity index (χ3n) is 4.71. The molecule has 2 aromatic heterocycles. The van der Waals surface area contributed by atoms with E-state index >= 15 is 0 Å². The number of aromatic nitrogens is 4. The number of sulfone groups is 1. The first kappa shape index (κ1) is 19.8. The van der Waals surface area contributed by atoms with Crippen LogP contribution in [-0.2, 0) is 21.2 Å². The molecular weight excluding hydrogens is 386 g/mol. The van der Waals surface area contributed by atoms with Crippen molar-refractivity contribution in [3.8, 4) is 11.4 Å². The van der Waals surface area contributed by atoms with Gasteiger partial charge in [0, 0.05) is 37.6 Å². The summed E-state index contributed by atoms with van der Waals surface area (Å²) >= 11 is 1.34. The van der Waals surface area contributed by atoms with Gasteiger partial charge in [0.05, 0.1) is 16.8 Å². The first-order valence-electron chi connectivity index (χ1n) is 8.79. The molecule has 146 valence electrons. The summed E-state index contributed by atoms with van der Waals surface area (Å²) < 4.78 is 25.3. The summed E-state index contributed by atoms with van der Waals surface area (Å²) in [6.07, 6.45) is 3.90. The minimum absolute atomic E-state index is 0.0456. The maximum Gasteiger partial charge on any atom is 0.235 e. The van der Waals surface area contributed by atoms with Gasteiger partial charge < -0.3 is 9.47 Å². The van der Waals surface area contributed by atoms with E-state index in [9.17, 15) is 13.2 Å². The second-order valence-corrected chi connectivity index (χ2v) is 10.1. The molecule has 1 aliphatic heterocycles. The number of pyridine rings is 1. The molecule has 1 fully saturated rings. The Balaban J connectivity index is 1.73. The number of rotatable bonds is 6. The van der Waals surface area contributed by atoms with E-state index in [0.717, 1.165) is 11.4 Å². The highest BCUT2D eigenvalue weighted by atomic mass is 32.2. The number of nitrogens with zero attached hydrogens (tertiary/aromatic N) is 5. The molecule has 0 aromatic carbocycles. The number of carbonyl (C=O) groups excluding carboxylic acids is 1. The zero-order chi connectivity index (χ0) is 19.6. The highest BCUT2D eigenvalue weighted by Crippen LogP contribution is 2.28. The van der Waals surface area contributed by atoms with Crippen molar-refractivity contribution in [1.82, 2.24) is 24.6 Å². The summed E-state index contributed by atoms with van der Waals surface area (Å²) in [5, 5.41) is 8.80. The van der Waals surface area contributed by atoms with Crippen LogP contribution in [0.1, 0.15) is 20.3 Å². The Hall–Kier alpha value is -1.94. The van der Waals surface area contributed by atoms with Crippen molar-refractivity contribution in [1.29, 1.82) is 0 Å². The lowest BCUT2D eigenvalue weighted by Crippen LogP contribution is -2.41. The van der Waals surface area contributed by atoms with Crippen molar-refractivity contribution in [3.63, 3.8) is 0 Å². The molecule has 1 aliphatic rings. The molecule has 0 spiro atoms. The summed E-state index contributed by atoms with van der Waals surface area (Å²) in [5.41, 5.74) is 0.915. The van der Waals surface area contributed by atoms with Gasteiger partial charge in [-0.3, -0.25) is 9.78 Å². The lowest BCUT2D eigenvalue weighted by Gasteiger charge is -2.26. The number of carbonyl (C=O) groups is 1. The fourth-order valence-corrected chi connectivity index (χ4v) is 5.92. The first-order valence-corrected chi connectivity index (χ1v) is 11.5. The molecule has 2 atom stereocenters. The zero-order valence-electron chi connectivity index (χ0n) is 15.6. The molecule has 0 N–H and O–H groups in total. The Morgan fingerprint density at radius 3 is 2.67 bits per heavy atom. The highest BCUT2D eigenvalue weighted by Gasteiger charge is 2.34. The average Bonchev–Trinajstić information content (AvgIpc) is 3.23. The first-order chi connectivity index (χ1) is 12.8. The van der Waals surface area contributed by atoms with Crippen LogP contribution in [0.15, 0.2) is 29.7 Å². The summed E-state index contributed by atoms with van der Waals surface area (Å²) in [7, 11) is -1.35. The van der Waals surface area contributed by atoms with E-state index in [1.54, 1.807) is 24.3 Å². The molecule has 0 bridgehead atoms. The van der Waals surface area contributed by atoms with Gasteiger partial charge in [-0.05, 0) is 32.4 Å². The summed E-state index contributed by atoms with van der Waals surface area (Å²) in [5.74, 6) is 0.829. The van der Waals surface area contributed by atoms with E-state index in [-0.39, 0.29) is 23.5 Å². The highest BCUT2D eigenvalue weighted by molar-refractivity contribution is 8.00. The molecular formula is C17H23N5O3S2. The van der Waals surface area contributed by atoms with Gasteiger partial charge in [0.15, 0.2) is 20.8 Å². The molecule has 0 radical (unpaired) electrons. The second-order valence-electron chi connectivity index (χ2n) is 6.55. The van der Waals surface area contributed by atoms with Gasteiger partial charge in [-0.1, -0.05) is 11.8 Å². The van der Waals surface area contributed by atoms with Crippen molar-refractivity contribution >= 4 is 27.5 Å². The predicted molar refractivity (Wildman–Crippen MR) is 104 cm³/mol. The van der Waals surface area contributed by atoms with Crippen molar-refractivity contribution in [2.45, 2.75) is 43.3 Å². The summed E-state index contributed by atoms with van der Waals surface area (Å²) in [4.78, 5) is 18.4. The van der Waals surface area contributed by atoms with Crippen LogP contribution in [0, 0.1) is 0 Å². The maximum absolute atomic E-state index is 12.8. The van der Waals surface area contributed by atoms with E-state index in [1.165, 1.54) is 11.8 Å². The minimum Gasteiger partial charge on any atom is -0.341 e. The fourth-order valence-electron chi connectivity index (χ4n) is 3.13. The number of hydrogen-bond acceptors (Lipinski definition) is 7. The molecule has 3 heterocycles. The minimum atomic E-state index is -3.03. The fraction of sp³-hybridized carbons (Fsp3) is 0.529. The smallest absolute Gasteiger partial charge is 0.235 e. The monoisotopic (exact) mass is 409 g/mol.